The molecular formula is C19H20N4O3S. The lowest BCUT2D eigenvalue weighted by Gasteiger charge is -2.43. The zero-order valence-electron chi connectivity index (χ0n) is 15.1. The van der Waals surface area contributed by atoms with E-state index in [1.54, 1.807) is 44.3 Å². The molecule has 1 aromatic heterocycles. The molecule has 0 aliphatic carbocycles. The fraction of sp³-hybridized carbons (Fsp3) is 0.211. The number of pyridine rings is 1. The number of nitrogens with zero attached hydrogens (tertiary/aromatic N) is 3. The van der Waals surface area contributed by atoms with E-state index in [2.05, 4.69) is 16.7 Å². The maximum absolute atomic E-state index is 12.2. The SMILES string of the molecule is C=NC1=C(/C=C(\C)C#N)N(S(O)(O)c2cccc3c(=O)[nH]cc(C)c23)CC1. The monoisotopic (exact) mass is 384 g/mol. The molecule has 8 heteroatoms. The first-order valence-corrected chi connectivity index (χ1v) is 9.77. The third-order valence-electron chi connectivity index (χ3n) is 4.52. The van der Waals surface area contributed by atoms with E-state index in [-0.39, 0.29) is 10.5 Å². The van der Waals surface area contributed by atoms with Gasteiger partial charge in [-0.1, -0.05) is 16.8 Å². The van der Waals surface area contributed by atoms with Crippen LogP contribution in [0.4, 0.5) is 0 Å². The van der Waals surface area contributed by atoms with E-state index in [4.69, 9.17) is 5.26 Å². The molecule has 27 heavy (non-hydrogen) atoms. The molecule has 0 spiro atoms. The number of fused-ring (bicyclic) bond motifs is 1. The summed E-state index contributed by atoms with van der Waals surface area (Å²) in [6.45, 7) is 7.30. The maximum Gasteiger partial charge on any atom is 0.255 e. The average molecular weight is 384 g/mol. The molecule has 1 aliphatic rings. The number of benzene rings is 1. The highest BCUT2D eigenvalue weighted by molar-refractivity contribution is 8.22. The number of H-pyrrole nitrogens is 1. The van der Waals surface area contributed by atoms with Gasteiger partial charge in [0.05, 0.1) is 22.4 Å². The number of allylic oxidation sites excluding steroid dienone is 2. The lowest BCUT2D eigenvalue weighted by Crippen LogP contribution is -2.25. The van der Waals surface area contributed by atoms with Crippen molar-refractivity contribution in [1.29, 1.82) is 5.26 Å². The van der Waals surface area contributed by atoms with Gasteiger partial charge in [0, 0.05) is 35.5 Å². The summed E-state index contributed by atoms with van der Waals surface area (Å²) in [4.78, 5) is 19.1. The Hall–Kier alpha value is -2.86. The minimum atomic E-state index is -3.47. The Balaban J connectivity index is 2.24. The zero-order chi connectivity index (χ0) is 19.8. The molecule has 2 heterocycles. The van der Waals surface area contributed by atoms with Crippen LogP contribution in [0.5, 0.6) is 0 Å². The van der Waals surface area contributed by atoms with Gasteiger partial charge < -0.3 is 4.98 Å². The maximum atomic E-state index is 12.2. The number of rotatable bonds is 4. The third kappa shape index (κ3) is 3.17. The molecule has 0 amide bonds. The van der Waals surface area contributed by atoms with Gasteiger partial charge in [0.25, 0.3) is 5.56 Å². The zero-order valence-corrected chi connectivity index (χ0v) is 15.9. The highest BCUT2D eigenvalue weighted by atomic mass is 32.3. The van der Waals surface area contributed by atoms with E-state index >= 15 is 0 Å². The quantitative estimate of drug-likeness (QED) is 0.546. The van der Waals surface area contributed by atoms with Gasteiger partial charge >= 0.3 is 0 Å². The van der Waals surface area contributed by atoms with Gasteiger partial charge in [-0.25, -0.2) is 0 Å². The first kappa shape index (κ1) is 18.9. The van der Waals surface area contributed by atoms with Crippen LogP contribution in [0.25, 0.3) is 10.8 Å². The van der Waals surface area contributed by atoms with Crippen molar-refractivity contribution in [2.24, 2.45) is 4.99 Å². The van der Waals surface area contributed by atoms with Crippen LogP contribution in [0.1, 0.15) is 18.9 Å². The second-order valence-electron chi connectivity index (χ2n) is 6.28. The van der Waals surface area contributed by atoms with Gasteiger partial charge in [0.1, 0.15) is 0 Å². The lowest BCUT2D eigenvalue weighted by atomic mass is 10.1. The predicted octanol–water partition coefficient (Wildman–Crippen LogP) is 3.95. The fourth-order valence-electron chi connectivity index (χ4n) is 3.21. The van der Waals surface area contributed by atoms with Gasteiger partial charge in [0.2, 0.25) is 0 Å². The van der Waals surface area contributed by atoms with Gasteiger partial charge in [-0.3, -0.25) is 23.2 Å². The Kier molecular flexibility index (Phi) is 4.93. The smallest absolute Gasteiger partial charge is 0.255 e. The minimum absolute atomic E-state index is 0.273. The molecule has 1 aromatic carbocycles. The van der Waals surface area contributed by atoms with Crippen LogP contribution < -0.4 is 5.56 Å². The Morgan fingerprint density at radius 3 is 2.89 bits per heavy atom. The van der Waals surface area contributed by atoms with Crippen LogP contribution in [0.15, 0.2) is 62.1 Å². The van der Waals surface area contributed by atoms with Crippen molar-refractivity contribution in [2.75, 3.05) is 6.54 Å². The number of nitriles is 1. The minimum Gasteiger partial charge on any atom is -0.328 e. The molecule has 0 unspecified atom stereocenters. The van der Waals surface area contributed by atoms with Crippen molar-refractivity contribution in [3.05, 3.63) is 63.4 Å². The van der Waals surface area contributed by atoms with Gasteiger partial charge in [-0.2, -0.15) is 5.26 Å². The van der Waals surface area contributed by atoms with Gasteiger partial charge in [-0.15, -0.1) is 0 Å². The van der Waals surface area contributed by atoms with E-state index in [0.717, 1.165) is 5.56 Å². The van der Waals surface area contributed by atoms with Gasteiger partial charge in [0.15, 0.2) is 0 Å². The van der Waals surface area contributed by atoms with Crippen LogP contribution in [0.2, 0.25) is 0 Å². The lowest BCUT2D eigenvalue weighted by molar-refractivity contribution is 0.407. The van der Waals surface area contributed by atoms with Crippen LogP contribution in [0, 0.1) is 18.3 Å². The number of aryl methyl sites for hydroxylation is 1. The summed E-state index contributed by atoms with van der Waals surface area (Å²) < 4.78 is 23.9. The predicted molar refractivity (Wildman–Crippen MR) is 108 cm³/mol. The molecule has 140 valence electrons. The van der Waals surface area contributed by atoms with Crippen LogP contribution >= 0.6 is 10.8 Å². The number of aliphatic imine (C=N–C) groups is 1. The molecule has 0 saturated carbocycles. The standard InChI is InChI=1S/C19H20N4O3S/c1-12(10-20)9-16-15(21-3)7-8-23(16)27(25,26)17-6-4-5-14-18(17)13(2)11-22-19(14)24/h4-6,9,11,25-26H,3,7-8H2,1-2H3,(H,22,24)/b12-9+. The van der Waals surface area contributed by atoms with Crippen LogP contribution in [-0.2, 0) is 0 Å². The highest BCUT2D eigenvalue weighted by Crippen LogP contribution is 2.58. The molecule has 0 fully saturated rings. The van der Waals surface area contributed by atoms with Gasteiger partial charge in [-0.05, 0) is 44.3 Å². The molecule has 0 saturated heterocycles. The topological polar surface area (TPSA) is 113 Å². The first-order valence-electron chi connectivity index (χ1n) is 8.26. The summed E-state index contributed by atoms with van der Waals surface area (Å²) >= 11 is 0. The molecule has 3 N–H and O–H groups in total. The summed E-state index contributed by atoms with van der Waals surface area (Å²) in [5.74, 6) is 0. The van der Waals surface area contributed by atoms with E-state index in [9.17, 15) is 13.9 Å². The van der Waals surface area contributed by atoms with Crippen LogP contribution in [-0.4, -0.2) is 31.7 Å². The summed E-state index contributed by atoms with van der Waals surface area (Å²) in [5.41, 5.74) is 1.91. The molecule has 0 radical (unpaired) electrons. The van der Waals surface area contributed by atoms with Crippen molar-refractivity contribution in [3.8, 4) is 6.07 Å². The normalized spacial score (nSPS) is 16.0. The summed E-state index contributed by atoms with van der Waals surface area (Å²) in [6, 6.07) is 6.92. The van der Waals surface area contributed by atoms with Crippen molar-refractivity contribution < 1.29 is 9.11 Å². The molecule has 1 aliphatic heterocycles. The average Bonchev–Trinajstić information content (AvgIpc) is 3.07. The van der Waals surface area contributed by atoms with E-state index in [0.29, 0.717) is 40.7 Å². The molecule has 7 nitrogen and oxygen atoms in total. The summed E-state index contributed by atoms with van der Waals surface area (Å²) in [6.07, 6.45) is 3.62. The van der Waals surface area contributed by atoms with E-state index < -0.39 is 10.8 Å². The fourth-order valence-corrected chi connectivity index (χ4v) is 5.04. The number of hydrogen-bond acceptors (Lipinski definition) is 6. The molecule has 0 bridgehead atoms. The summed E-state index contributed by atoms with van der Waals surface area (Å²) in [7, 11) is -3.47. The number of aromatic amines is 1. The third-order valence-corrected chi connectivity index (χ3v) is 6.45. The Labute approximate surface area is 158 Å². The largest absolute Gasteiger partial charge is 0.328 e. The van der Waals surface area contributed by atoms with Crippen molar-refractivity contribution in [2.45, 2.75) is 25.2 Å². The molecule has 0 atom stereocenters. The number of nitrogens with one attached hydrogen (secondary N) is 1. The second kappa shape index (κ2) is 7.04. The Morgan fingerprint density at radius 1 is 1.48 bits per heavy atom. The molecular weight excluding hydrogens is 364 g/mol. The van der Waals surface area contributed by atoms with Crippen LogP contribution in [0.3, 0.4) is 0 Å². The molecule has 2 aromatic rings. The summed E-state index contributed by atoms with van der Waals surface area (Å²) in [5, 5.41) is 10.0. The number of aromatic nitrogens is 1. The molecule has 3 rings (SSSR count). The second-order valence-corrected chi connectivity index (χ2v) is 8.20. The van der Waals surface area contributed by atoms with E-state index in [1.165, 1.54) is 4.31 Å². The Bertz CT molecular complexity index is 1090. The Morgan fingerprint density at radius 2 is 2.22 bits per heavy atom. The van der Waals surface area contributed by atoms with Crippen molar-refractivity contribution in [1.82, 2.24) is 9.29 Å². The van der Waals surface area contributed by atoms with E-state index in [1.807, 2.05) is 6.07 Å². The number of hydrogen-bond donors (Lipinski definition) is 3. The van der Waals surface area contributed by atoms with Crippen molar-refractivity contribution >= 4 is 28.3 Å². The van der Waals surface area contributed by atoms with Crippen molar-refractivity contribution in [3.63, 3.8) is 0 Å². The first-order chi connectivity index (χ1) is 12.8. The highest BCUT2D eigenvalue weighted by Gasteiger charge is 2.34.